The molecule has 0 aliphatic carbocycles. The van der Waals surface area contributed by atoms with Gasteiger partial charge in [0, 0.05) is 23.8 Å². The number of hydrogen-bond acceptors (Lipinski definition) is 4. The molecule has 0 saturated heterocycles. The molecule has 0 bridgehead atoms. The molecule has 1 aromatic heterocycles. The lowest BCUT2D eigenvalue weighted by molar-refractivity contribution is 0.572. The first-order chi connectivity index (χ1) is 7.79. The SMILES string of the molecule is CC(CN)Nc1ccc(-c2cnco2)cc1. The molecule has 0 fully saturated rings. The minimum atomic E-state index is 0.274. The highest BCUT2D eigenvalue weighted by Crippen LogP contribution is 2.20. The third-order valence-electron chi connectivity index (χ3n) is 2.37. The molecule has 2 aromatic rings. The van der Waals surface area contributed by atoms with E-state index in [4.69, 9.17) is 10.2 Å². The van der Waals surface area contributed by atoms with Crippen LogP contribution in [0.5, 0.6) is 0 Å². The standard InChI is InChI=1S/C12H15N3O/c1-9(6-13)15-11-4-2-10(3-5-11)12-7-14-8-16-12/h2-5,7-9,15H,6,13H2,1H3. The highest BCUT2D eigenvalue weighted by molar-refractivity contribution is 5.60. The molecular weight excluding hydrogens is 202 g/mol. The predicted octanol–water partition coefficient (Wildman–Crippen LogP) is 2.10. The van der Waals surface area contributed by atoms with Crippen LogP contribution in [0.4, 0.5) is 5.69 Å². The Morgan fingerprint density at radius 2 is 2.12 bits per heavy atom. The van der Waals surface area contributed by atoms with E-state index < -0.39 is 0 Å². The maximum Gasteiger partial charge on any atom is 0.181 e. The average Bonchev–Trinajstić information content (AvgIpc) is 2.83. The highest BCUT2D eigenvalue weighted by Gasteiger charge is 2.02. The summed E-state index contributed by atoms with van der Waals surface area (Å²) in [5, 5.41) is 3.29. The van der Waals surface area contributed by atoms with Crippen LogP contribution in [0.3, 0.4) is 0 Å². The number of benzene rings is 1. The Morgan fingerprint density at radius 1 is 1.38 bits per heavy atom. The molecule has 1 unspecified atom stereocenters. The van der Waals surface area contributed by atoms with Gasteiger partial charge in [0.05, 0.1) is 6.20 Å². The molecule has 4 nitrogen and oxygen atoms in total. The Bertz CT molecular complexity index is 422. The van der Waals surface area contributed by atoms with Crippen molar-refractivity contribution in [1.29, 1.82) is 0 Å². The van der Waals surface area contributed by atoms with Gasteiger partial charge >= 0.3 is 0 Å². The lowest BCUT2D eigenvalue weighted by atomic mass is 10.1. The van der Waals surface area contributed by atoms with Crippen LogP contribution in [0.2, 0.25) is 0 Å². The summed E-state index contributed by atoms with van der Waals surface area (Å²) in [5.41, 5.74) is 7.61. The Kier molecular flexibility index (Phi) is 3.22. The minimum Gasteiger partial charge on any atom is -0.444 e. The molecule has 0 aliphatic rings. The topological polar surface area (TPSA) is 64.1 Å². The van der Waals surface area contributed by atoms with Crippen LogP contribution in [-0.2, 0) is 0 Å². The smallest absolute Gasteiger partial charge is 0.181 e. The van der Waals surface area contributed by atoms with Crippen LogP contribution in [0.15, 0.2) is 41.3 Å². The van der Waals surface area contributed by atoms with Gasteiger partial charge in [-0.3, -0.25) is 0 Å². The zero-order valence-corrected chi connectivity index (χ0v) is 9.18. The zero-order valence-electron chi connectivity index (χ0n) is 9.18. The van der Waals surface area contributed by atoms with Crippen LogP contribution in [-0.4, -0.2) is 17.6 Å². The molecule has 84 valence electrons. The molecule has 0 radical (unpaired) electrons. The molecule has 0 amide bonds. The number of aromatic nitrogens is 1. The summed E-state index contributed by atoms with van der Waals surface area (Å²) < 4.78 is 5.21. The van der Waals surface area contributed by atoms with Crippen LogP contribution >= 0.6 is 0 Å². The molecule has 1 aromatic carbocycles. The summed E-state index contributed by atoms with van der Waals surface area (Å²) in [4.78, 5) is 3.88. The number of oxazole rings is 1. The molecular formula is C12H15N3O. The fourth-order valence-corrected chi connectivity index (χ4v) is 1.43. The van der Waals surface area contributed by atoms with Gasteiger partial charge in [0.1, 0.15) is 0 Å². The Balaban J connectivity index is 2.11. The lowest BCUT2D eigenvalue weighted by Gasteiger charge is -2.12. The van der Waals surface area contributed by atoms with Crippen molar-refractivity contribution in [3.63, 3.8) is 0 Å². The molecule has 4 heteroatoms. The fourth-order valence-electron chi connectivity index (χ4n) is 1.43. The molecule has 2 rings (SSSR count). The number of nitrogens with two attached hydrogens (primary N) is 1. The number of hydrogen-bond donors (Lipinski definition) is 2. The maximum atomic E-state index is 5.54. The third kappa shape index (κ3) is 2.41. The van der Waals surface area contributed by atoms with E-state index in [2.05, 4.69) is 10.3 Å². The highest BCUT2D eigenvalue weighted by atomic mass is 16.3. The molecule has 16 heavy (non-hydrogen) atoms. The molecule has 3 N–H and O–H groups in total. The number of rotatable bonds is 4. The number of nitrogens with zero attached hydrogens (tertiary/aromatic N) is 1. The largest absolute Gasteiger partial charge is 0.444 e. The van der Waals surface area contributed by atoms with Crippen LogP contribution in [0.25, 0.3) is 11.3 Å². The van der Waals surface area contributed by atoms with Gasteiger partial charge in [-0.1, -0.05) is 0 Å². The van der Waals surface area contributed by atoms with Gasteiger partial charge in [0.25, 0.3) is 0 Å². The van der Waals surface area contributed by atoms with Gasteiger partial charge in [0.15, 0.2) is 12.2 Å². The van der Waals surface area contributed by atoms with E-state index in [-0.39, 0.29) is 6.04 Å². The van der Waals surface area contributed by atoms with Crippen molar-refractivity contribution in [1.82, 2.24) is 4.98 Å². The van der Waals surface area contributed by atoms with Gasteiger partial charge < -0.3 is 15.5 Å². The van der Waals surface area contributed by atoms with Gasteiger partial charge in [-0.25, -0.2) is 4.98 Å². The van der Waals surface area contributed by atoms with E-state index in [9.17, 15) is 0 Å². The van der Waals surface area contributed by atoms with Gasteiger partial charge in [-0.05, 0) is 31.2 Å². The predicted molar refractivity (Wildman–Crippen MR) is 64.1 cm³/mol. The normalized spacial score (nSPS) is 12.4. The zero-order chi connectivity index (χ0) is 11.4. The maximum absolute atomic E-state index is 5.54. The Morgan fingerprint density at radius 3 is 2.69 bits per heavy atom. The Labute approximate surface area is 94.5 Å². The first-order valence-electron chi connectivity index (χ1n) is 5.25. The summed E-state index contributed by atoms with van der Waals surface area (Å²) >= 11 is 0. The number of nitrogens with one attached hydrogen (secondary N) is 1. The number of anilines is 1. The van der Waals surface area contributed by atoms with Crippen molar-refractivity contribution >= 4 is 5.69 Å². The van der Waals surface area contributed by atoms with Crippen molar-refractivity contribution in [2.75, 3.05) is 11.9 Å². The van der Waals surface area contributed by atoms with E-state index in [1.165, 1.54) is 6.39 Å². The molecule has 0 saturated carbocycles. The quantitative estimate of drug-likeness (QED) is 0.823. The second kappa shape index (κ2) is 4.81. The van der Waals surface area contributed by atoms with Gasteiger partial charge in [-0.15, -0.1) is 0 Å². The summed E-state index contributed by atoms with van der Waals surface area (Å²) in [6.07, 6.45) is 3.13. The van der Waals surface area contributed by atoms with Crippen molar-refractivity contribution in [3.05, 3.63) is 36.9 Å². The van der Waals surface area contributed by atoms with Crippen molar-refractivity contribution in [2.24, 2.45) is 5.73 Å². The van der Waals surface area contributed by atoms with E-state index in [0.29, 0.717) is 6.54 Å². The second-order valence-corrected chi connectivity index (χ2v) is 3.72. The fraction of sp³-hybridized carbons (Fsp3) is 0.250. The molecule has 0 aliphatic heterocycles. The Hall–Kier alpha value is -1.81. The first-order valence-corrected chi connectivity index (χ1v) is 5.25. The van der Waals surface area contributed by atoms with Crippen LogP contribution in [0.1, 0.15) is 6.92 Å². The molecule has 1 atom stereocenters. The molecule has 1 heterocycles. The van der Waals surface area contributed by atoms with Crippen LogP contribution in [0, 0.1) is 0 Å². The lowest BCUT2D eigenvalue weighted by Crippen LogP contribution is -2.24. The van der Waals surface area contributed by atoms with E-state index in [1.54, 1.807) is 6.20 Å². The minimum absolute atomic E-state index is 0.274. The first kappa shape index (κ1) is 10.7. The summed E-state index contributed by atoms with van der Waals surface area (Å²) in [6.45, 7) is 2.66. The van der Waals surface area contributed by atoms with Crippen molar-refractivity contribution in [3.8, 4) is 11.3 Å². The monoisotopic (exact) mass is 217 g/mol. The van der Waals surface area contributed by atoms with Crippen molar-refractivity contribution < 1.29 is 4.42 Å². The van der Waals surface area contributed by atoms with E-state index in [0.717, 1.165) is 17.0 Å². The summed E-state index contributed by atoms with van der Waals surface area (Å²) in [7, 11) is 0. The molecule has 0 spiro atoms. The second-order valence-electron chi connectivity index (χ2n) is 3.72. The van der Waals surface area contributed by atoms with Gasteiger partial charge in [0.2, 0.25) is 0 Å². The summed E-state index contributed by atoms with van der Waals surface area (Å²) in [6, 6.07) is 8.27. The average molecular weight is 217 g/mol. The van der Waals surface area contributed by atoms with E-state index in [1.807, 2.05) is 31.2 Å². The van der Waals surface area contributed by atoms with Gasteiger partial charge in [-0.2, -0.15) is 0 Å². The van der Waals surface area contributed by atoms with Crippen molar-refractivity contribution in [2.45, 2.75) is 13.0 Å². The summed E-state index contributed by atoms with van der Waals surface area (Å²) in [5.74, 6) is 0.776. The third-order valence-corrected chi connectivity index (χ3v) is 2.37. The van der Waals surface area contributed by atoms with Crippen LogP contribution < -0.4 is 11.1 Å². The van der Waals surface area contributed by atoms with E-state index >= 15 is 0 Å².